The van der Waals surface area contributed by atoms with Crippen molar-refractivity contribution >= 4 is 28.2 Å². The van der Waals surface area contributed by atoms with Gasteiger partial charge in [0, 0.05) is 0 Å². The molecular formula is C13H13N3O4S. The zero-order valence-electron chi connectivity index (χ0n) is 11.6. The Balaban J connectivity index is 2.35. The molecule has 0 saturated carbocycles. The second kappa shape index (κ2) is 5.49. The average Bonchev–Trinajstić information content (AvgIpc) is 2.75. The fraction of sp³-hybridized carbons (Fsp3) is 0.231. The minimum Gasteiger partial charge on any atom is -0.477 e. The number of aromatic nitrogens is 2. The molecule has 0 unspecified atom stereocenters. The Kier molecular flexibility index (Phi) is 3.90. The van der Waals surface area contributed by atoms with E-state index in [0.29, 0.717) is 21.8 Å². The van der Waals surface area contributed by atoms with Gasteiger partial charge in [-0.3, -0.25) is 9.59 Å². The lowest BCUT2D eigenvalue weighted by atomic mass is 10.1. The minimum atomic E-state index is -1.05. The van der Waals surface area contributed by atoms with Crippen LogP contribution in [0.25, 0.3) is 0 Å². The van der Waals surface area contributed by atoms with Crippen LogP contribution in [0.15, 0.2) is 10.9 Å². The van der Waals surface area contributed by atoms with Gasteiger partial charge < -0.3 is 10.4 Å². The SMILES string of the molecule is Cc1cc(NC(=O)c2c(C)c(C)n[nH]c2=O)sc1C(=O)O. The summed E-state index contributed by atoms with van der Waals surface area (Å²) < 4.78 is 0. The quantitative estimate of drug-likeness (QED) is 0.799. The van der Waals surface area contributed by atoms with Crippen LogP contribution < -0.4 is 10.9 Å². The van der Waals surface area contributed by atoms with Crippen LogP contribution in [-0.2, 0) is 0 Å². The molecule has 0 atom stereocenters. The highest BCUT2D eigenvalue weighted by molar-refractivity contribution is 7.18. The van der Waals surface area contributed by atoms with Gasteiger partial charge in [-0.2, -0.15) is 5.10 Å². The minimum absolute atomic E-state index is 0.0228. The molecule has 1 amide bonds. The van der Waals surface area contributed by atoms with Crippen molar-refractivity contribution in [2.45, 2.75) is 20.8 Å². The Labute approximate surface area is 123 Å². The van der Waals surface area contributed by atoms with Gasteiger partial charge in [0.15, 0.2) is 0 Å². The van der Waals surface area contributed by atoms with Crippen LogP contribution in [0.2, 0.25) is 0 Å². The van der Waals surface area contributed by atoms with E-state index in [9.17, 15) is 14.4 Å². The van der Waals surface area contributed by atoms with Crippen LogP contribution in [0.3, 0.4) is 0 Å². The summed E-state index contributed by atoms with van der Waals surface area (Å²) in [5.74, 6) is -1.63. The van der Waals surface area contributed by atoms with E-state index in [2.05, 4.69) is 15.5 Å². The number of hydrogen-bond donors (Lipinski definition) is 3. The molecule has 0 spiro atoms. The number of H-pyrrole nitrogens is 1. The fourth-order valence-electron chi connectivity index (χ4n) is 1.83. The van der Waals surface area contributed by atoms with Crippen molar-refractivity contribution in [1.29, 1.82) is 0 Å². The van der Waals surface area contributed by atoms with E-state index >= 15 is 0 Å². The number of aromatic carboxylic acids is 1. The molecule has 0 aromatic carbocycles. The Bertz CT molecular complexity index is 791. The zero-order valence-corrected chi connectivity index (χ0v) is 12.4. The molecule has 110 valence electrons. The predicted octanol–water partition coefficient (Wildman–Crippen LogP) is 1.71. The van der Waals surface area contributed by atoms with Crippen molar-refractivity contribution in [2.75, 3.05) is 5.32 Å². The number of thiophene rings is 1. The second-order valence-corrected chi connectivity index (χ2v) is 5.57. The molecule has 0 bridgehead atoms. The highest BCUT2D eigenvalue weighted by Crippen LogP contribution is 2.27. The van der Waals surface area contributed by atoms with Gasteiger partial charge in [-0.05, 0) is 38.0 Å². The lowest BCUT2D eigenvalue weighted by molar-refractivity contribution is 0.0701. The van der Waals surface area contributed by atoms with E-state index in [1.807, 2.05) is 0 Å². The summed E-state index contributed by atoms with van der Waals surface area (Å²) in [4.78, 5) is 35.1. The topological polar surface area (TPSA) is 112 Å². The Hall–Kier alpha value is -2.48. The van der Waals surface area contributed by atoms with Gasteiger partial charge in [-0.25, -0.2) is 9.89 Å². The van der Waals surface area contributed by atoms with E-state index in [-0.39, 0.29) is 10.4 Å². The maximum atomic E-state index is 12.2. The van der Waals surface area contributed by atoms with Gasteiger partial charge >= 0.3 is 5.97 Å². The van der Waals surface area contributed by atoms with Crippen LogP contribution >= 0.6 is 11.3 Å². The standard InChI is InChI=1S/C13H13N3O4S/c1-5-4-8(21-10(5)13(19)20)14-11(17)9-6(2)7(3)15-16-12(9)18/h4H,1-3H3,(H,14,17)(H,16,18)(H,19,20). The number of carboxylic acids is 1. The molecule has 0 fully saturated rings. The molecule has 2 aromatic rings. The molecular weight excluding hydrogens is 294 g/mol. The van der Waals surface area contributed by atoms with Gasteiger partial charge in [0.05, 0.1) is 10.7 Å². The van der Waals surface area contributed by atoms with Crippen molar-refractivity contribution in [1.82, 2.24) is 10.2 Å². The molecule has 2 aromatic heterocycles. The molecule has 2 heterocycles. The fourth-order valence-corrected chi connectivity index (χ4v) is 2.74. The third-order valence-electron chi connectivity index (χ3n) is 3.05. The number of aromatic amines is 1. The molecule has 3 N–H and O–H groups in total. The van der Waals surface area contributed by atoms with Crippen molar-refractivity contribution < 1.29 is 14.7 Å². The summed E-state index contributed by atoms with van der Waals surface area (Å²) in [6.07, 6.45) is 0. The van der Waals surface area contributed by atoms with Crippen LogP contribution in [0.5, 0.6) is 0 Å². The molecule has 2 rings (SSSR count). The molecule has 0 saturated heterocycles. The van der Waals surface area contributed by atoms with Crippen molar-refractivity contribution in [3.05, 3.63) is 43.7 Å². The monoisotopic (exact) mass is 307 g/mol. The van der Waals surface area contributed by atoms with Crippen LogP contribution in [0, 0.1) is 20.8 Å². The highest BCUT2D eigenvalue weighted by Gasteiger charge is 2.19. The van der Waals surface area contributed by atoms with E-state index in [4.69, 9.17) is 5.11 Å². The number of nitrogens with zero attached hydrogens (tertiary/aromatic N) is 1. The largest absolute Gasteiger partial charge is 0.477 e. The molecule has 0 aliphatic carbocycles. The number of rotatable bonds is 3. The summed E-state index contributed by atoms with van der Waals surface area (Å²) in [6, 6.07) is 1.56. The smallest absolute Gasteiger partial charge is 0.346 e. The lowest BCUT2D eigenvalue weighted by Crippen LogP contribution is -2.26. The van der Waals surface area contributed by atoms with E-state index < -0.39 is 17.4 Å². The second-order valence-electron chi connectivity index (χ2n) is 4.52. The predicted molar refractivity (Wildman–Crippen MR) is 78.3 cm³/mol. The van der Waals surface area contributed by atoms with Gasteiger partial charge in [-0.15, -0.1) is 11.3 Å². The number of anilines is 1. The first-order valence-corrected chi connectivity index (χ1v) is 6.84. The summed E-state index contributed by atoms with van der Waals surface area (Å²) in [7, 11) is 0. The third kappa shape index (κ3) is 2.84. The van der Waals surface area contributed by atoms with E-state index in [1.165, 1.54) is 0 Å². The summed E-state index contributed by atoms with van der Waals surface area (Å²) in [5.41, 5.74) is 0.989. The first-order valence-electron chi connectivity index (χ1n) is 6.02. The highest BCUT2D eigenvalue weighted by atomic mass is 32.1. The van der Waals surface area contributed by atoms with Crippen molar-refractivity contribution in [2.24, 2.45) is 0 Å². The van der Waals surface area contributed by atoms with Gasteiger partial charge in [0.1, 0.15) is 10.4 Å². The zero-order chi connectivity index (χ0) is 15.7. The summed E-state index contributed by atoms with van der Waals surface area (Å²) >= 11 is 0.947. The van der Waals surface area contributed by atoms with Gasteiger partial charge in [0.2, 0.25) is 0 Å². The first kappa shape index (κ1) is 14.9. The molecule has 21 heavy (non-hydrogen) atoms. The third-order valence-corrected chi connectivity index (χ3v) is 4.19. The maximum absolute atomic E-state index is 12.2. The Morgan fingerprint density at radius 2 is 2.00 bits per heavy atom. The Morgan fingerprint density at radius 1 is 1.33 bits per heavy atom. The molecule has 7 nitrogen and oxygen atoms in total. The Morgan fingerprint density at radius 3 is 2.57 bits per heavy atom. The van der Waals surface area contributed by atoms with E-state index in [0.717, 1.165) is 11.3 Å². The number of hydrogen-bond acceptors (Lipinski definition) is 5. The average molecular weight is 307 g/mol. The number of carboxylic acid groups (broad SMARTS) is 1. The van der Waals surface area contributed by atoms with Crippen LogP contribution in [0.4, 0.5) is 5.00 Å². The number of carbonyl (C=O) groups excluding carboxylic acids is 1. The number of carbonyl (C=O) groups is 2. The lowest BCUT2D eigenvalue weighted by Gasteiger charge is -2.06. The molecule has 0 aliphatic heterocycles. The summed E-state index contributed by atoms with van der Waals surface area (Å²) in [5, 5.41) is 17.9. The van der Waals surface area contributed by atoms with Gasteiger partial charge in [0.25, 0.3) is 11.5 Å². The molecule has 8 heteroatoms. The molecule has 0 aliphatic rings. The summed E-state index contributed by atoms with van der Waals surface area (Å²) in [6.45, 7) is 4.96. The maximum Gasteiger partial charge on any atom is 0.346 e. The number of aryl methyl sites for hydroxylation is 2. The number of nitrogens with one attached hydrogen (secondary N) is 2. The van der Waals surface area contributed by atoms with Crippen LogP contribution in [0.1, 0.15) is 36.9 Å². The molecule has 0 radical (unpaired) electrons. The van der Waals surface area contributed by atoms with Crippen LogP contribution in [-0.4, -0.2) is 27.2 Å². The van der Waals surface area contributed by atoms with Crippen molar-refractivity contribution in [3.63, 3.8) is 0 Å². The normalized spacial score (nSPS) is 10.4. The first-order chi connectivity index (χ1) is 9.81. The van der Waals surface area contributed by atoms with Crippen molar-refractivity contribution in [3.8, 4) is 0 Å². The van der Waals surface area contributed by atoms with E-state index in [1.54, 1.807) is 26.8 Å². The number of amides is 1. The van der Waals surface area contributed by atoms with Gasteiger partial charge in [-0.1, -0.05) is 0 Å².